The fourth-order valence-electron chi connectivity index (χ4n) is 4.13. The van der Waals surface area contributed by atoms with E-state index in [-0.39, 0.29) is 0 Å². The molecule has 1 aromatic carbocycles. The lowest BCUT2D eigenvalue weighted by Crippen LogP contribution is -2.39. The summed E-state index contributed by atoms with van der Waals surface area (Å²) in [7, 11) is 2.25. The van der Waals surface area contributed by atoms with Gasteiger partial charge in [0, 0.05) is 24.4 Å². The standard InChI is InChI=1S/C15H17N/c1-16-9-12-8-11-6-7-15(12,10-16)14-5-3-2-4-13(11)14/h2-5,8,11H,6-7,9-10H2,1H3. The van der Waals surface area contributed by atoms with Gasteiger partial charge >= 0.3 is 0 Å². The number of hydrogen-bond acceptors (Lipinski definition) is 1. The second-order valence-electron chi connectivity index (χ2n) is 5.68. The fraction of sp³-hybridized carbons (Fsp3) is 0.467. The van der Waals surface area contributed by atoms with Crippen LogP contribution >= 0.6 is 0 Å². The molecule has 2 bridgehead atoms. The molecule has 1 fully saturated rings. The summed E-state index contributed by atoms with van der Waals surface area (Å²) in [6.45, 7) is 2.41. The lowest BCUT2D eigenvalue weighted by molar-refractivity contribution is 0.332. The van der Waals surface area contributed by atoms with Crippen LogP contribution < -0.4 is 0 Å². The van der Waals surface area contributed by atoms with Gasteiger partial charge in [0.15, 0.2) is 0 Å². The van der Waals surface area contributed by atoms with Crippen molar-refractivity contribution < 1.29 is 0 Å². The predicted octanol–water partition coefficient (Wildman–Crippen LogP) is 2.69. The number of fused-ring (bicyclic) bond motifs is 1. The third kappa shape index (κ3) is 0.910. The molecule has 16 heavy (non-hydrogen) atoms. The number of likely N-dealkylation sites (N-methyl/N-ethyl adjacent to an activating group) is 1. The third-order valence-electron chi connectivity index (χ3n) is 4.76. The predicted molar refractivity (Wildman–Crippen MR) is 65.7 cm³/mol. The maximum Gasteiger partial charge on any atom is 0.0305 e. The first kappa shape index (κ1) is 9.00. The Balaban J connectivity index is 2.00. The van der Waals surface area contributed by atoms with Crippen LogP contribution in [0.15, 0.2) is 35.9 Å². The van der Waals surface area contributed by atoms with E-state index in [2.05, 4.69) is 42.3 Å². The van der Waals surface area contributed by atoms with Crippen LogP contribution in [0.2, 0.25) is 0 Å². The van der Waals surface area contributed by atoms with E-state index in [0.717, 1.165) is 0 Å². The number of benzene rings is 1. The monoisotopic (exact) mass is 211 g/mol. The number of allylic oxidation sites excluding steroid dienone is 1. The molecule has 82 valence electrons. The normalized spacial score (nSPS) is 35.8. The first-order chi connectivity index (χ1) is 7.79. The first-order valence-electron chi connectivity index (χ1n) is 6.29. The van der Waals surface area contributed by atoms with Crippen LogP contribution in [0.4, 0.5) is 0 Å². The van der Waals surface area contributed by atoms with Crippen molar-refractivity contribution in [3.8, 4) is 0 Å². The minimum atomic E-state index is 0.389. The smallest absolute Gasteiger partial charge is 0.0305 e. The third-order valence-corrected chi connectivity index (χ3v) is 4.76. The fourth-order valence-corrected chi connectivity index (χ4v) is 4.13. The Kier molecular flexibility index (Phi) is 1.56. The van der Waals surface area contributed by atoms with Crippen LogP contribution in [0.25, 0.3) is 0 Å². The number of rotatable bonds is 0. The van der Waals surface area contributed by atoms with Gasteiger partial charge < -0.3 is 4.90 Å². The summed E-state index contributed by atoms with van der Waals surface area (Å²) < 4.78 is 0. The van der Waals surface area contributed by atoms with E-state index in [9.17, 15) is 0 Å². The molecule has 1 saturated heterocycles. The zero-order valence-electron chi connectivity index (χ0n) is 9.74. The van der Waals surface area contributed by atoms with Gasteiger partial charge in [0.25, 0.3) is 0 Å². The molecule has 0 aromatic heterocycles. The van der Waals surface area contributed by atoms with Gasteiger partial charge in [-0.25, -0.2) is 0 Å². The lowest BCUT2D eigenvalue weighted by atomic mass is 9.59. The number of likely N-dealkylation sites (tertiary alicyclic amines) is 1. The molecule has 0 radical (unpaired) electrons. The highest BCUT2D eigenvalue weighted by Gasteiger charge is 2.49. The van der Waals surface area contributed by atoms with Crippen LogP contribution in [0, 0.1) is 0 Å². The molecule has 4 aliphatic rings. The second kappa shape index (κ2) is 2.78. The van der Waals surface area contributed by atoms with E-state index in [0.29, 0.717) is 11.3 Å². The van der Waals surface area contributed by atoms with Crippen molar-refractivity contribution >= 4 is 0 Å². The molecular formula is C15H17N. The molecule has 0 amide bonds. The van der Waals surface area contributed by atoms with Crippen LogP contribution in [0.1, 0.15) is 29.9 Å². The maximum absolute atomic E-state index is 2.56. The maximum atomic E-state index is 2.56. The Morgan fingerprint density at radius 2 is 2.19 bits per heavy atom. The highest BCUT2D eigenvalue weighted by molar-refractivity contribution is 5.54. The van der Waals surface area contributed by atoms with Crippen molar-refractivity contribution in [1.82, 2.24) is 4.90 Å². The van der Waals surface area contributed by atoms with Crippen LogP contribution in [-0.4, -0.2) is 25.0 Å². The molecular weight excluding hydrogens is 194 g/mol. The topological polar surface area (TPSA) is 3.24 Å². The summed E-state index contributed by atoms with van der Waals surface area (Å²) in [4.78, 5) is 2.48. The molecule has 1 heteroatoms. The van der Waals surface area contributed by atoms with Gasteiger partial charge in [0.05, 0.1) is 0 Å². The van der Waals surface area contributed by atoms with Crippen molar-refractivity contribution in [3.63, 3.8) is 0 Å². The van der Waals surface area contributed by atoms with E-state index in [1.807, 2.05) is 0 Å². The van der Waals surface area contributed by atoms with E-state index in [1.54, 1.807) is 16.7 Å². The van der Waals surface area contributed by atoms with Crippen molar-refractivity contribution in [3.05, 3.63) is 47.0 Å². The Hall–Kier alpha value is -1.08. The Morgan fingerprint density at radius 3 is 3.12 bits per heavy atom. The van der Waals surface area contributed by atoms with Gasteiger partial charge in [-0.15, -0.1) is 0 Å². The van der Waals surface area contributed by atoms with Gasteiger partial charge in [-0.05, 0) is 36.6 Å². The average molecular weight is 211 g/mol. The van der Waals surface area contributed by atoms with Crippen LogP contribution in [-0.2, 0) is 5.41 Å². The summed E-state index contributed by atoms with van der Waals surface area (Å²) in [5, 5.41) is 0. The lowest BCUT2D eigenvalue weighted by Gasteiger charge is -2.44. The van der Waals surface area contributed by atoms with Gasteiger partial charge in [0.1, 0.15) is 0 Å². The summed E-state index contributed by atoms with van der Waals surface area (Å²) in [6.07, 6.45) is 5.29. The van der Waals surface area contributed by atoms with E-state index < -0.39 is 0 Å². The van der Waals surface area contributed by atoms with Gasteiger partial charge in [-0.2, -0.15) is 0 Å². The van der Waals surface area contributed by atoms with Crippen LogP contribution in [0.3, 0.4) is 0 Å². The number of nitrogens with zero attached hydrogens (tertiary/aromatic N) is 1. The Morgan fingerprint density at radius 1 is 1.31 bits per heavy atom. The van der Waals surface area contributed by atoms with E-state index >= 15 is 0 Å². The van der Waals surface area contributed by atoms with Gasteiger partial charge in [-0.1, -0.05) is 30.3 Å². The number of hydrogen-bond donors (Lipinski definition) is 0. The summed E-state index contributed by atoms with van der Waals surface area (Å²) >= 11 is 0. The van der Waals surface area contributed by atoms with E-state index in [4.69, 9.17) is 0 Å². The van der Waals surface area contributed by atoms with Crippen molar-refractivity contribution in [1.29, 1.82) is 0 Å². The van der Waals surface area contributed by atoms with E-state index in [1.165, 1.54) is 25.9 Å². The second-order valence-corrected chi connectivity index (χ2v) is 5.68. The molecule has 0 N–H and O–H groups in total. The van der Waals surface area contributed by atoms with Crippen molar-refractivity contribution in [2.45, 2.75) is 24.2 Å². The average Bonchev–Trinajstić information content (AvgIpc) is 2.65. The van der Waals surface area contributed by atoms with Crippen molar-refractivity contribution in [2.24, 2.45) is 0 Å². The first-order valence-corrected chi connectivity index (χ1v) is 6.29. The largest absolute Gasteiger partial charge is 0.301 e. The quantitative estimate of drug-likeness (QED) is 0.596. The molecule has 1 nitrogen and oxygen atoms in total. The Labute approximate surface area is 96.8 Å². The molecule has 3 aliphatic carbocycles. The highest BCUT2D eigenvalue weighted by atomic mass is 15.1. The van der Waals surface area contributed by atoms with Gasteiger partial charge in [0.2, 0.25) is 0 Å². The zero-order valence-corrected chi connectivity index (χ0v) is 9.74. The SMILES string of the molecule is CN1CC2=CC3CCC2(C1)c1ccccc13. The van der Waals surface area contributed by atoms with Gasteiger partial charge in [-0.3, -0.25) is 0 Å². The molecule has 0 saturated carbocycles. The molecule has 1 spiro atoms. The zero-order chi connectivity index (χ0) is 10.8. The molecule has 2 atom stereocenters. The molecule has 2 unspecified atom stereocenters. The minimum absolute atomic E-state index is 0.389. The summed E-state index contributed by atoms with van der Waals surface area (Å²) in [5.41, 5.74) is 5.32. The van der Waals surface area contributed by atoms with Crippen molar-refractivity contribution in [2.75, 3.05) is 20.1 Å². The molecule has 1 aromatic rings. The van der Waals surface area contributed by atoms with Crippen LogP contribution in [0.5, 0.6) is 0 Å². The Bertz CT molecular complexity index is 488. The molecule has 1 aliphatic heterocycles. The summed E-state index contributed by atoms with van der Waals surface area (Å²) in [5.74, 6) is 0.708. The summed E-state index contributed by atoms with van der Waals surface area (Å²) in [6, 6.07) is 9.12. The highest BCUT2D eigenvalue weighted by Crippen LogP contribution is 2.55. The minimum Gasteiger partial charge on any atom is -0.301 e. The molecule has 5 rings (SSSR count). The molecule has 1 heterocycles.